The zero-order chi connectivity index (χ0) is 19.0. The second-order valence-corrected chi connectivity index (χ2v) is 7.03. The molecule has 1 aromatic carbocycles. The van der Waals surface area contributed by atoms with Crippen LogP contribution in [0.15, 0.2) is 30.3 Å². The molecule has 0 aliphatic carbocycles. The molecule has 2 aliphatic heterocycles. The lowest BCUT2D eigenvalue weighted by Crippen LogP contribution is -2.58. The first-order valence-electron chi connectivity index (χ1n) is 9.07. The molecule has 1 atom stereocenters. The lowest BCUT2D eigenvalue weighted by Gasteiger charge is -2.40. The minimum absolute atomic E-state index is 0.0394. The van der Waals surface area contributed by atoms with Gasteiger partial charge in [-0.1, -0.05) is 12.1 Å². The van der Waals surface area contributed by atoms with Gasteiger partial charge in [0.2, 0.25) is 5.91 Å². The Kier molecular flexibility index (Phi) is 4.57. The van der Waals surface area contributed by atoms with E-state index in [1.54, 1.807) is 17.8 Å². The summed E-state index contributed by atoms with van der Waals surface area (Å²) in [6, 6.07) is 9.17. The van der Waals surface area contributed by atoms with Gasteiger partial charge in [-0.25, -0.2) is 0 Å². The number of para-hydroxylation sites is 2. The number of aryl methyl sites for hydroxylation is 2. The molecule has 3 heterocycles. The number of hydrogen-bond donors (Lipinski definition) is 1. The van der Waals surface area contributed by atoms with Crippen LogP contribution in [0.5, 0.6) is 5.75 Å². The zero-order valence-corrected chi connectivity index (χ0v) is 15.5. The molecule has 8 heteroatoms. The summed E-state index contributed by atoms with van der Waals surface area (Å²) in [6.45, 7) is 4.28. The number of anilines is 1. The van der Waals surface area contributed by atoms with Crippen LogP contribution >= 0.6 is 0 Å². The van der Waals surface area contributed by atoms with Gasteiger partial charge in [0, 0.05) is 26.7 Å². The SMILES string of the molecule is Cc1cc(C(=O)N2CCN3CC(=O)Nc4ccccc4OC[C@H]3C2)n(C)n1. The van der Waals surface area contributed by atoms with Crippen LogP contribution in [-0.2, 0) is 11.8 Å². The van der Waals surface area contributed by atoms with E-state index in [2.05, 4.69) is 15.3 Å². The van der Waals surface area contributed by atoms with E-state index in [4.69, 9.17) is 4.74 Å². The minimum atomic E-state index is -0.0695. The third-order valence-electron chi connectivity index (χ3n) is 5.05. The number of nitrogens with zero attached hydrogens (tertiary/aromatic N) is 4. The second kappa shape index (κ2) is 7.03. The number of nitrogens with one attached hydrogen (secondary N) is 1. The van der Waals surface area contributed by atoms with Crippen LogP contribution in [0.2, 0.25) is 0 Å². The molecule has 0 unspecified atom stereocenters. The van der Waals surface area contributed by atoms with Gasteiger partial charge in [-0.05, 0) is 25.1 Å². The molecule has 2 amide bonds. The molecule has 8 nitrogen and oxygen atoms in total. The molecule has 0 spiro atoms. The average molecular weight is 369 g/mol. The number of carbonyl (C=O) groups is 2. The van der Waals surface area contributed by atoms with Gasteiger partial charge < -0.3 is 15.0 Å². The summed E-state index contributed by atoms with van der Waals surface area (Å²) in [5, 5.41) is 7.17. The molecule has 0 bridgehead atoms. The summed E-state index contributed by atoms with van der Waals surface area (Å²) in [5.74, 6) is 0.542. The van der Waals surface area contributed by atoms with Crippen LogP contribution in [-0.4, -0.2) is 70.2 Å². The van der Waals surface area contributed by atoms with Crippen LogP contribution < -0.4 is 10.1 Å². The smallest absolute Gasteiger partial charge is 0.272 e. The lowest BCUT2D eigenvalue weighted by atomic mass is 10.1. The van der Waals surface area contributed by atoms with E-state index in [9.17, 15) is 9.59 Å². The van der Waals surface area contributed by atoms with E-state index in [0.717, 1.165) is 5.69 Å². The first-order chi connectivity index (χ1) is 13.0. The molecule has 1 saturated heterocycles. The van der Waals surface area contributed by atoms with Crippen LogP contribution in [0.25, 0.3) is 0 Å². The molecule has 0 radical (unpaired) electrons. The van der Waals surface area contributed by atoms with Gasteiger partial charge in [0.15, 0.2) is 0 Å². The number of amides is 2. The molecule has 1 fully saturated rings. The van der Waals surface area contributed by atoms with Crippen molar-refractivity contribution in [3.8, 4) is 5.75 Å². The highest BCUT2D eigenvalue weighted by atomic mass is 16.5. The Balaban J connectivity index is 1.53. The number of ether oxygens (including phenoxy) is 1. The van der Waals surface area contributed by atoms with Crippen LogP contribution in [0, 0.1) is 6.92 Å². The third kappa shape index (κ3) is 3.52. The van der Waals surface area contributed by atoms with Gasteiger partial charge in [-0.2, -0.15) is 5.10 Å². The predicted molar refractivity (Wildman–Crippen MR) is 99.8 cm³/mol. The number of aromatic nitrogens is 2. The monoisotopic (exact) mass is 369 g/mol. The van der Waals surface area contributed by atoms with E-state index < -0.39 is 0 Å². The fraction of sp³-hybridized carbons (Fsp3) is 0.421. The number of piperazine rings is 1. The fourth-order valence-corrected chi connectivity index (χ4v) is 3.67. The minimum Gasteiger partial charge on any atom is -0.490 e. The number of fused-ring (bicyclic) bond motifs is 2. The zero-order valence-electron chi connectivity index (χ0n) is 15.5. The van der Waals surface area contributed by atoms with Crippen molar-refractivity contribution in [2.75, 3.05) is 38.1 Å². The molecule has 1 aromatic heterocycles. The van der Waals surface area contributed by atoms with Crippen LogP contribution in [0.4, 0.5) is 5.69 Å². The van der Waals surface area contributed by atoms with Gasteiger partial charge in [-0.15, -0.1) is 0 Å². The Morgan fingerprint density at radius 3 is 2.89 bits per heavy atom. The molecule has 2 aromatic rings. The quantitative estimate of drug-likeness (QED) is 0.808. The van der Waals surface area contributed by atoms with E-state index in [-0.39, 0.29) is 24.4 Å². The summed E-state index contributed by atoms with van der Waals surface area (Å²) in [7, 11) is 1.78. The predicted octanol–water partition coefficient (Wildman–Crippen LogP) is 0.886. The number of hydrogen-bond acceptors (Lipinski definition) is 5. The molecule has 142 valence electrons. The molecule has 27 heavy (non-hydrogen) atoms. The molecular formula is C19H23N5O3. The lowest BCUT2D eigenvalue weighted by molar-refractivity contribution is -0.118. The van der Waals surface area contributed by atoms with Crippen LogP contribution in [0.1, 0.15) is 16.2 Å². The van der Waals surface area contributed by atoms with Gasteiger partial charge >= 0.3 is 0 Å². The molecule has 1 N–H and O–H groups in total. The van der Waals surface area contributed by atoms with Crippen molar-refractivity contribution in [1.29, 1.82) is 0 Å². The maximum absolute atomic E-state index is 12.9. The molecular weight excluding hydrogens is 346 g/mol. The Morgan fingerprint density at radius 2 is 2.11 bits per heavy atom. The molecule has 2 aliphatic rings. The first-order valence-corrected chi connectivity index (χ1v) is 9.07. The molecule has 4 rings (SSSR count). The van der Waals surface area contributed by atoms with Gasteiger partial charge in [0.25, 0.3) is 5.91 Å². The van der Waals surface area contributed by atoms with Gasteiger partial charge in [-0.3, -0.25) is 19.2 Å². The Labute approximate surface area is 157 Å². The van der Waals surface area contributed by atoms with Crippen molar-refractivity contribution >= 4 is 17.5 Å². The number of benzene rings is 1. The summed E-state index contributed by atoms with van der Waals surface area (Å²) in [4.78, 5) is 29.2. The average Bonchev–Trinajstić information content (AvgIpc) is 3.01. The van der Waals surface area contributed by atoms with Crippen LogP contribution in [0.3, 0.4) is 0 Å². The summed E-state index contributed by atoms with van der Waals surface area (Å²) >= 11 is 0. The fourth-order valence-electron chi connectivity index (χ4n) is 3.67. The van der Waals surface area contributed by atoms with E-state index in [1.165, 1.54) is 0 Å². The number of carbonyl (C=O) groups excluding carboxylic acids is 2. The Morgan fingerprint density at radius 1 is 1.30 bits per heavy atom. The van der Waals surface area contributed by atoms with E-state index in [1.807, 2.05) is 36.1 Å². The Bertz CT molecular complexity index is 878. The maximum atomic E-state index is 12.9. The highest BCUT2D eigenvalue weighted by Gasteiger charge is 2.33. The van der Waals surface area contributed by atoms with Crippen molar-refractivity contribution in [3.63, 3.8) is 0 Å². The van der Waals surface area contributed by atoms with Gasteiger partial charge in [0.05, 0.1) is 24.0 Å². The normalized spacial score (nSPS) is 20.4. The largest absolute Gasteiger partial charge is 0.490 e. The van der Waals surface area contributed by atoms with Crippen molar-refractivity contribution in [3.05, 3.63) is 41.7 Å². The standard InChI is InChI=1S/C19H23N5O3/c1-13-9-16(22(2)21-13)19(26)24-8-7-23-11-18(25)20-15-5-3-4-6-17(15)27-12-14(23)10-24/h3-6,9,14H,7-8,10-12H2,1-2H3,(H,20,25)/t14-/m1/s1. The van der Waals surface area contributed by atoms with E-state index in [0.29, 0.717) is 43.4 Å². The van der Waals surface area contributed by atoms with Gasteiger partial charge in [0.1, 0.15) is 18.1 Å². The highest BCUT2D eigenvalue weighted by Crippen LogP contribution is 2.26. The Hall–Kier alpha value is -2.87. The topological polar surface area (TPSA) is 79.7 Å². The summed E-state index contributed by atoms with van der Waals surface area (Å²) in [6.07, 6.45) is 0. The number of rotatable bonds is 1. The molecule has 0 saturated carbocycles. The van der Waals surface area contributed by atoms with E-state index >= 15 is 0 Å². The van der Waals surface area contributed by atoms with Crippen molar-refractivity contribution in [2.45, 2.75) is 13.0 Å². The van der Waals surface area contributed by atoms with Crippen molar-refractivity contribution < 1.29 is 14.3 Å². The maximum Gasteiger partial charge on any atom is 0.272 e. The second-order valence-electron chi connectivity index (χ2n) is 7.03. The van der Waals surface area contributed by atoms with Crippen molar-refractivity contribution in [2.24, 2.45) is 7.05 Å². The highest BCUT2D eigenvalue weighted by molar-refractivity contribution is 5.94. The summed E-state index contributed by atoms with van der Waals surface area (Å²) < 4.78 is 7.59. The summed E-state index contributed by atoms with van der Waals surface area (Å²) in [5.41, 5.74) is 2.08. The third-order valence-corrected chi connectivity index (χ3v) is 5.05. The first kappa shape index (κ1) is 17.5. The van der Waals surface area contributed by atoms with Crippen molar-refractivity contribution in [1.82, 2.24) is 19.6 Å².